The van der Waals surface area contributed by atoms with Gasteiger partial charge in [-0.15, -0.1) is 0 Å². The van der Waals surface area contributed by atoms with Crippen LogP contribution in [0.3, 0.4) is 0 Å². The largest absolute Gasteiger partial charge is 0.507 e. The molecule has 1 aliphatic heterocycles. The van der Waals surface area contributed by atoms with E-state index in [0.29, 0.717) is 16.9 Å². The molecule has 24 heavy (non-hydrogen) atoms. The maximum Gasteiger partial charge on any atom is 0.133 e. The van der Waals surface area contributed by atoms with Gasteiger partial charge in [0.15, 0.2) is 0 Å². The molecule has 1 N–H and O–H groups in total. The van der Waals surface area contributed by atoms with E-state index in [1.54, 1.807) is 6.92 Å². The molecule has 0 spiro atoms. The molecule has 0 aromatic heterocycles. The number of hydrogen-bond donors (Lipinski definition) is 1. The third-order valence-electron chi connectivity index (χ3n) is 3.95. The maximum atomic E-state index is 11.8. The molecule has 1 aromatic rings. The van der Waals surface area contributed by atoms with Crippen LogP contribution in [0.1, 0.15) is 44.6 Å². The second-order valence-corrected chi connectivity index (χ2v) is 5.94. The molecule has 1 heterocycles. The van der Waals surface area contributed by atoms with Gasteiger partial charge in [0, 0.05) is 17.9 Å². The Morgan fingerprint density at radius 2 is 2.04 bits per heavy atom. The summed E-state index contributed by atoms with van der Waals surface area (Å²) in [4.78, 5) is 11.8. The molecule has 3 heteroatoms. The number of Topliss-reactive ketones (excluding diaryl/α,β-unsaturated/α-hetero) is 1. The predicted molar refractivity (Wildman–Crippen MR) is 96.5 cm³/mol. The molecule has 3 nitrogen and oxygen atoms in total. The Bertz CT molecular complexity index is 693. The van der Waals surface area contributed by atoms with Gasteiger partial charge in [0.2, 0.25) is 0 Å². The summed E-state index contributed by atoms with van der Waals surface area (Å²) in [6.45, 7) is 7.56. The highest BCUT2D eigenvalue weighted by Gasteiger charge is 2.28. The van der Waals surface area contributed by atoms with Gasteiger partial charge in [-0.2, -0.15) is 0 Å². The van der Waals surface area contributed by atoms with Gasteiger partial charge >= 0.3 is 0 Å². The number of ether oxygens (including phenoxy) is 1. The summed E-state index contributed by atoms with van der Waals surface area (Å²) in [5, 5.41) is 10.8. The number of ketones is 1. The van der Waals surface area contributed by atoms with Crippen molar-refractivity contribution < 1.29 is 14.6 Å². The molecule has 0 fully saturated rings. The van der Waals surface area contributed by atoms with Crippen molar-refractivity contribution >= 4 is 5.78 Å². The molecule has 0 radical (unpaired) electrons. The van der Waals surface area contributed by atoms with Crippen LogP contribution in [-0.2, 0) is 9.53 Å². The minimum absolute atomic E-state index is 0.0505. The summed E-state index contributed by atoms with van der Waals surface area (Å²) >= 11 is 0. The lowest BCUT2D eigenvalue weighted by Gasteiger charge is -2.25. The van der Waals surface area contributed by atoms with E-state index in [0.717, 1.165) is 18.4 Å². The fraction of sp³-hybridized carbons (Fsp3) is 0.286. The van der Waals surface area contributed by atoms with Crippen molar-refractivity contribution in [3.63, 3.8) is 0 Å². The molecular weight excluding hydrogens is 300 g/mol. The number of rotatable bonds is 7. The van der Waals surface area contributed by atoms with E-state index in [4.69, 9.17) is 4.74 Å². The Kier molecular flexibility index (Phi) is 6.19. The average molecular weight is 324 g/mol. The van der Waals surface area contributed by atoms with Gasteiger partial charge in [-0.1, -0.05) is 62.4 Å². The van der Waals surface area contributed by atoms with Crippen LogP contribution in [-0.4, -0.2) is 10.9 Å². The Morgan fingerprint density at radius 3 is 2.67 bits per heavy atom. The normalized spacial score (nSPS) is 16.1. The van der Waals surface area contributed by atoms with Crippen molar-refractivity contribution in [2.45, 2.75) is 39.0 Å². The quantitative estimate of drug-likeness (QED) is 0.736. The molecule has 0 amide bonds. The highest BCUT2D eigenvalue weighted by Crippen LogP contribution is 2.38. The summed E-state index contributed by atoms with van der Waals surface area (Å²) in [5.74, 6) is 0.290. The van der Waals surface area contributed by atoms with Crippen molar-refractivity contribution in [1.29, 1.82) is 0 Å². The van der Waals surface area contributed by atoms with Gasteiger partial charge in [-0.3, -0.25) is 4.79 Å². The van der Waals surface area contributed by atoms with Crippen LogP contribution in [0.25, 0.3) is 0 Å². The van der Waals surface area contributed by atoms with Crippen LogP contribution >= 0.6 is 0 Å². The van der Waals surface area contributed by atoms with Crippen LogP contribution in [0.4, 0.5) is 0 Å². The second-order valence-electron chi connectivity index (χ2n) is 5.94. The van der Waals surface area contributed by atoms with E-state index < -0.39 is 0 Å². The molecule has 1 aliphatic rings. The first-order valence-electron chi connectivity index (χ1n) is 8.25. The van der Waals surface area contributed by atoms with Crippen LogP contribution in [0.5, 0.6) is 0 Å². The van der Waals surface area contributed by atoms with Gasteiger partial charge in [0.25, 0.3) is 0 Å². The highest BCUT2D eigenvalue weighted by molar-refractivity contribution is 5.77. The summed E-state index contributed by atoms with van der Waals surface area (Å²) in [7, 11) is 0. The number of carbonyl (C=O) groups excluding carboxylic acids is 1. The van der Waals surface area contributed by atoms with Gasteiger partial charge in [0.05, 0.1) is 5.57 Å². The molecule has 0 saturated heterocycles. The topological polar surface area (TPSA) is 46.5 Å². The molecule has 0 saturated carbocycles. The third kappa shape index (κ3) is 4.25. The van der Waals surface area contributed by atoms with Crippen molar-refractivity contribution in [2.75, 3.05) is 0 Å². The first kappa shape index (κ1) is 17.8. The lowest BCUT2D eigenvalue weighted by Crippen LogP contribution is -2.15. The predicted octanol–water partition coefficient (Wildman–Crippen LogP) is 5.35. The van der Waals surface area contributed by atoms with Crippen molar-refractivity contribution in [2.24, 2.45) is 0 Å². The third-order valence-corrected chi connectivity index (χ3v) is 3.95. The van der Waals surface area contributed by atoms with Gasteiger partial charge in [-0.25, -0.2) is 0 Å². The molecule has 0 bridgehead atoms. The number of allylic oxidation sites excluding steroid dienone is 3. The zero-order valence-corrected chi connectivity index (χ0v) is 14.3. The van der Waals surface area contributed by atoms with E-state index >= 15 is 0 Å². The number of aliphatic hydroxyl groups excluding tert-OH is 1. The Labute approximate surface area is 143 Å². The van der Waals surface area contributed by atoms with E-state index in [9.17, 15) is 9.90 Å². The van der Waals surface area contributed by atoms with Crippen molar-refractivity contribution in [3.8, 4) is 0 Å². The first-order valence-corrected chi connectivity index (χ1v) is 8.25. The highest BCUT2D eigenvalue weighted by atomic mass is 16.5. The van der Waals surface area contributed by atoms with Crippen LogP contribution < -0.4 is 0 Å². The fourth-order valence-corrected chi connectivity index (χ4v) is 2.76. The molecular formula is C21H24O3. The molecule has 126 valence electrons. The number of unbranched alkanes of at least 4 members (excludes halogenated alkanes) is 1. The van der Waals surface area contributed by atoms with E-state index in [1.165, 1.54) is 6.26 Å². The maximum absolute atomic E-state index is 11.8. The van der Waals surface area contributed by atoms with Crippen LogP contribution in [0.2, 0.25) is 0 Å². The monoisotopic (exact) mass is 324 g/mol. The number of hydrogen-bond acceptors (Lipinski definition) is 3. The van der Waals surface area contributed by atoms with E-state index in [1.807, 2.05) is 42.5 Å². The lowest BCUT2D eigenvalue weighted by molar-refractivity contribution is -0.117. The summed E-state index contributed by atoms with van der Waals surface area (Å²) in [6.07, 6.45) is 7.60. The Balaban J connectivity index is 2.45. The Hall–Kier alpha value is -2.55. The number of carbonyl (C=O) groups is 1. The molecule has 1 atom stereocenters. The van der Waals surface area contributed by atoms with Gasteiger partial charge < -0.3 is 9.84 Å². The molecule has 1 unspecified atom stereocenters. The second kappa shape index (κ2) is 8.34. The lowest BCUT2D eigenvalue weighted by atomic mass is 9.83. The fourth-order valence-electron chi connectivity index (χ4n) is 2.76. The Morgan fingerprint density at radius 1 is 1.33 bits per heavy atom. The number of aliphatic hydroxyl groups is 1. The summed E-state index contributed by atoms with van der Waals surface area (Å²) in [6, 6.07) is 9.67. The van der Waals surface area contributed by atoms with Gasteiger partial charge in [0.1, 0.15) is 23.6 Å². The molecule has 0 aliphatic carbocycles. The minimum atomic E-state index is -0.278. The van der Waals surface area contributed by atoms with Crippen LogP contribution in [0, 0.1) is 0 Å². The minimum Gasteiger partial charge on any atom is -0.507 e. The number of benzene rings is 1. The molecule has 2 rings (SSSR count). The SMILES string of the molecule is C=C1OC=C(/C=C\CCC)C(O)=C1C(CC(C)=O)c1ccccc1. The van der Waals surface area contributed by atoms with E-state index in [2.05, 4.69) is 13.5 Å². The first-order chi connectivity index (χ1) is 11.5. The van der Waals surface area contributed by atoms with Crippen molar-refractivity contribution in [1.82, 2.24) is 0 Å². The standard InChI is InChI=1S/C21H24O3/c1-4-5-7-12-18-14-24-16(3)20(21(18)23)19(13-15(2)22)17-10-8-6-9-11-17/h6-12,14,19,23H,3-5,13H2,1-2H3/b12-7-. The summed E-state index contributed by atoms with van der Waals surface area (Å²) in [5.41, 5.74) is 2.14. The van der Waals surface area contributed by atoms with E-state index in [-0.39, 0.29) is 23.9 Å². The van der Waals surface area contributed by atoms with Crippen molar-refractivity contribution in [3.05, 3.63) is 83.6 Å². The van der Waals surface area contributed by atoms with Crippen LogP contribution in [0.15, 0.2) is 78.0 Å². The van der Waals surface area contributed by atoms with Gasteiger partial charge in [-0.05, 0) is 18.9 Å². The molecule has 1 aromatic carbocycles. The smallest absolute Gasteiger partial charge is 0.133 e. The zero-order valence-electron chi connectivity index (χ0n) is 14.3. The summed E-state index contributed by atoms with van der Waals surface area (Å²) < 4.78 is 5.55. The average Bonchev–Trinajstić information content (AvgIpc) is 2.56. The zero-order chi connectivity index (χ0) is 17.5.